The average molecular weight is 778 g/mol. The molecular formula is C34H25BrIN3O4S. The van der Waals surface area contributed by atoms with E-state index in [-0.39, 0.29) is 17.4 Å². The van der Waals surface area contributed by atoms with Crippen molar-refractivity contribution >= 4 is 85.5 Å². The van der Waals surface area contributed by atoms with Crippen molar-refractivity contribution in [3.05, 3.63) is 140 Å². The largest absolute Gasteiger partial charge is 0.457 e. The van der Waals surface area contributed by atoms with Gasteiger partial charge in [0.1, 0.15) is 17.2 Å². The first kappa shape index (κ1) is 31.3. The number of carbonyl (C=O) groups is 3. The van der Waals surface area contributed by atoms with Crippen LogP contribution >= 0.6 is 50.3 Å². The molecule has 44 heavy (non-hydrogen) atoms. The van der Waals surface area contributed by atoms with Crippen molar-refractivity contribution in [1.29, 1.82) is 0 Å². The predicted molar refractivity (Wildman–Crippen MR) is 187 cm³/mol. The second kappa shape index (κ2) is 15.0. The molecule has 0 aliphatic carbocycles. The van der Waals surface area contributed by atoms with E-state index < -0.39 is 11.8 Å². The molecule has 0 radical (unpaired) electrons. The Bertz CT molecular complexity index is 1790. The molecule has 0 aliphatic rings. The zero-order chi connectivity index (χ0) is 30.9. The molecule has 4 aromatic carbocycles. The van der Waals surface area contributed by atoms with Gasteiger partial charge in [-0.05, 0) is 108 Å². The summed E-state index contributed by atoms with van der Waals surface area (Å²) < 4.78 is 8.02. The molecule has 10 heteroatoms. The first-order chi connectivity index (χ1) is 21.3. The third-order valence-electron chi connectivity index (χ3n) is 6.18. The molecule has 7 nitrogen and oxygen atoms in total. The summed E-state index contributed by atoms with van der Waals surface area (Å²) in [5.74, 6) is 0.199. The van der Waals surface area contributed by atoms with Crippen molar-refractivity contribution in [3.8, 4) is 11.3 Å². The lowest BCUT2D eigenvalue weighted by Gasteiger charge is -2.11. The van der Waals surface area contributed by atoms with Crippen LogP contribution in [0.5, 0.6) is 0 Å². The minimum atomic E-state index is -0.520. The second-order valence-corrected chi connectivity index (χ2v) is 12.6. The fourth-order valence-electron chi connectivity index (χ4n) is 4.00. The highest BCUT2D eigenvalue weighted by atomic mass is 127. The maximum absolute atomic E-state index is 13.4. The molecule has 3 amide bonds. The molecule has 0 spiro atoms. The van der Waals surface area contributed by atoms with Gasteiger partial charge in [0.05, 0.1) is 5.75 Å². The number of anilines is 2. The SMILES string of the molecule is O=C(CSc1ccc(NC(=O)/C(=C/c2ccc(-c3ccc(Br)cc3)o2)NC(=O)c2ccccc2)cc1)Nc1ccc(I)cc1. The van der Waals surface area contributed by atoms with Gasteiger partial charge < -0.3 is 20.4 Å². The van der Waals surface area contributed by atoms with Crippen LogP contribution in [0.3, 0.4) is 0 Å². The maximum atomic E-state index is 13.4. The van der Waals surface area contributed by atoms with Gasteiger partial charge in [-0.15, -0.1) is 11.8 Å². The van der Waals surface area contributed by atoms with E-state index in [1.165, 1.54) is 17.8 Å². The van der Waals surface area contributed by atoms with Crippen molar-refractivity contribution in [2.45, 2.75) is 4.90 Å². The van der Waals surface area contributed by atoms with Gasteiger partial charge >= 0.3 is 0 Å². The van der Waals surface area contributed by atoms with Gasteiger partial charge in [-0.1, -0.05) is 46.3 Å². The minimum Gasteiger partial charge on any atom is -0.457 e. The van der Waals surface area contributed by atoms with E-state index in [0.717, 1.165) is 24.2 Å². The molecule has 5 rings (SSSR count). The lowest BCUT2D eigenvalue weighted by atomic mass is 10.2. The summed E-state index contributed by atoms with van der Waals surface area (Å²) in [6.45, 7) is 0. The molecule has 3 N–H and O–H groups in total. The van der Waals surface area contributed by atoms with Crippen molar-refractivity contribution in [3.63, 3.8) is 0 Å². The van der Waals surface area contributed by atoms with Crippen LogP contribution in [0.15, 0.2) is 135 Å². The number of thioether (sulfide) groups is 1. The molecule has 1 heterocycles. The van der Waals surface area contributed by atoms with E-state index in [9.17, 15) is 14.4 Å². The van der Waals surface area contributed by atoms with Crippen LogP contribution in [0.25, 0.3) is 17.4 Å². The van der Waals surface area contributed by atoms with Crippen LogP contribution in [0, 0.1) is 3.57 Å². The highest BCUT2D eigenvalue weighted by Crippen LogP contribution is 2.26. The molecule has 5 aromatic rings. The summed E-state index contributed by atoms with van der Waals surface area (Å²) in [6.07, 6.45) is 1.50. The summed E-state index contributed by atoms with van der Waals surface area (Å²) in [5, 5.41) is 8.43. The van der Waals surface area contributed by atoms with Crippen LogP contribution in [-0.2, 0) is 9.59 Å². The van der Waals surface area contributed by atoms with Crippen LogP contribution in [0.2, 0.25) is 0 Å². The van der Waals surface area contributed by atoms with E-state index in [0.29, 0.717) is 22.8 Å². The van der Waals surface area contributed by atoms with E-state index in [1.54, 1.807) is 48.5 Å². The Morgan fingerprint density at radius 3 is 2.14 bits per heavy atom. The Morgan fingerprint density at radius 1 is 0.773 bits per heavy atom. The number of hydrogen-bond donors (Lipinski definition) is 3. The standard InChI is InChI=1S/C34H25BrIN3O4S/c35-24-8-6-22(7-9-24)31-19-16-28(43-31)20-30(39-33(41)23-4-2-1-3-5-23)34(42)38-27-14-17-29(18-15-27)44-21-32(40)37-26-12-10-25(36)11-13-26/h1-20H,21H2,(H,37,40)(H,38,42)(H,39,41)/b30-20-. The number of rotatable bonds is 10. The minimum absolute atomic E-state index is 0.0151. The fraction of sp³-hybridized carbons (Fsp3) is 0.0294. The van der Waals surface area contributed by atoms with Gasteiger partial charge in [0, 0.05) is 41.5 Å². The second-order valence-electron chi connectivity index (χ2n) is 9.41. The molecule has 1 aromatic heterocycles. The van der Waals surface area contributed by atoms with Gasteiger partial charge in [0.2, 0.25) is 5.91 Å². The average Bonchev–Trinajstić information content (AvgIpc) is 3.51. The Hall–Kier alpha value is -4.13. The lowest BCUT2D eigenvalue weighted by Crippen LogP contribution is -2.30. The highest BCUT2D eigenvalue weighted by molar-refractivity contribution is 14.1. The molecule has 0 saturated heterocycles. The molecule has 0 atom stereocenters. The first-order valence-corrected chi connectivity index (χ1v) is 16.2. The molecule has 0 unspecified atom stereocenters. The predicted octanol–water partition coefficient (Wildman–Crippen LogP) is 8.45. The molecule has 0 saturated carbocycles. The van der Waals surface area contributed by atoms with Crippen molar-refractivity contribution in [1.82, 2.24) is 5.32 Å². The van der Waals surface area contributed by atoms with Crippen LogP contribution in [-0.4, -0.2) is 23.5 Å². The third-order valence-corrected chi connectivity index (χ3v) is 8.44. The third kappa shape index (κ3) is 8.94. The summed E-state index contributed by atoms with van der Waals surface area (Å²) in [5.41, 5.74) is 2.57. The Labute approximate surface area is 280 Å². The zero-order valence-electron chi connectivity index (χ0n) is 23.1. The Kier molecular flexibility index (Phi) is 10.7. The first-order valence-electron chi connectivity index (χ1n) is 13.4. The number of halogens is 2. The zero-order valence-corrected chi connectivity index (χ0v) is 27.6. The topological polar surface area (TPSA) is 100 Å². The van der Waals surface area contributed by atoms with Crippen LogP contribution in [0.1, 0.15) is 16.1 Å². The normalized spacial score (nSPS) is 11.1. The Balaban J connectivity index is 1.26. The number of benzene rings is 4. The van der Waals surface area contributed by atoms with Crippen LogP contribution < -0.4 is 16.0 Å². The van der Waals surface area contributed by atoms with Gasteiger partial charge in [-0.2, -0.15) is 0 Å². The lowest BCUT2D eigenvalue weighted by molar-refractivity contribution is -0.114. The maximum Gasteiger partial charge on any atom is 0.272 e. The monoisotopic (exact) mass is 777 g/mol. The summed E-state index contributed by atoms with van der Waals surface area (Å²) in [4.78, 5) is 39.6. The highest BCUT2D eigenvalue weighted by Gasteiger charge is 2.16. The number of nitrogens with one attached hydrogen (secondary N) is 3. The Morgan fingerprint density at radius 2 is 1.43 bits per heavy atom. The molecule has 0 bridgehead atoms. The number of furan rings is 1. The van der Waals surface area contributed by atoms with Crippen molar-refractivity contribution in [2.75, 3.05) is 16.4 Å². The van der Waals surface area contributed by atoms with Gasteiger partial charge in [-0.3, -0.25) is 14.4 Å². The van der Waals surface area contributed by atoms with E-state index in [2.05, 4.69) is 54.5 Å². The molecule has 220 valence electrons. The van der Waals surface area contributed by atoms with E-state index >= 15 is 0 Å². The summed E-state index contributed by atoms with van der Waals surface area (Å²) in [6, 6.07) is 34.6. The molecule has 0 aliphatic heterocycles. The molecule has 0 fully saturated rings. The van der Waals surface area contributed by atoms with Crippen LogP contribution in [0.4, 0.5) is 11.4 Å². The quantitative estimate of drug-likeness (QED) is 0.0751. The number of amides is 3. The smallest absolute Gasteiger partial charge is 0.272 e. The van der Waals surface area contributed by atoms with Gasteiger partial charge in [-0.25, -0.2) is 0 Å². The number of carbonyl (C=O) groups excluding carboxylic acids is 3. The summed E-state index contributed by atoms with van der Waals surface area (Å²) in [7, 11) is 0. The van der Waals surface area contributed by atoms with Crippen molar-refractivity contribution < 1.29 is 18.8 Å². The van der Waals surface area contributed by atoms with E-state index in [1.807, 2.05) is 66.7 Å². The number of hydrogen-bond acceptors (Lipinski definition) is 5. The summed E-state index contributed by atoms with van der Waals surface area (Å²) >= 11 is 7.03. The fourth-order valence-corrected chi connectivity index (χ4v) is 5.32. The van der Waals surface area contributed by atoms with Gasteiger partial charge in [0.15, 0.2) is 0 Å². The van der Waals surface area contributed by atoms with Crippen molar-refractivity contribution in [2.24, 2.45) is 0 Å². The molecular weight excluding hydrogens is 753 g/mol. The van der Waals surface area contributed by atoms with Gasteiger partial charge in [0.25, 0.3) is 11.8 Å². The van der Waals surface area contributed by atoms with E-state index in [4.69, 9.17) is 4.42 Å².